The van der Waals surface area contributed by atoms with Crippen molar-refractivity contribution in [1.82, 2.24) is 10.3 Å². The first-order valence-corrected chi connectivity index (χ1v) is 7.16. The van der Waals surface area contributed by atoms with Crippen LogP contribution in [-0.2, 0) is 0 Å². The highest BCUT2D eigenvalue weighted by atomic mass is 15.2. The number of nitrogens with zero attached hydrogens (tertiary/aromatic N) is 3. The first kappa shape index (κ1) is 13.8. The molecule has 2 rings (SSSR count). The first-order chi connectivity index (χ1) is 9.33. The van der Waals surface area contributed by atoms with E-state index < -0.39 is 0 Å². The molecule has 0 spiro atoms. The van der Waals surface area contributed by atoms with E-state index in [1.54, 1.807) is 6.07 Å². The molecule has 1 aliphatic heterocycles. The Labute approximate surface area is 115 Å². The van der Waals surface area contributed by atoms with E-state index in [4.69, 9.17) is 5.26 Å². The third-order valence-electron chi connectivity index (χ3n) is 3.54. The van der Waals surface area contributed by atoms with Crippen LogP contribution >= 0.6 is 0 Å². The van der Waals surface area contributed by atoms with Gasteiger partial charge >= 0.3 is 0 Å². The van der Waals surface area contributed by atoms with E-state index in [1.807, 2.05) is 12.1 Å². The molecule has 0 radical (unpaired) electrons. The molecule has 0 bridgehead atoms. The molecule has 1 aromatic heterocycles. The van der Waals surface area contributed by atoms with Crippen LogP contribution in [0.1, 0.15) is 31.9 Å². The average molecular weight is 258 g/mol. The molecule has 19 heavy (non-hydrogen) atoms. The Balaban J connectivity index is 2.07. The van der Waals surface area contributed by atoms with Gasteiger partial charge in [-0.25, -0.2) is 4.98 Å². The summed E-state index contributed by atoms with van der Waals surface area (Å²) in [5.41, 5.74) is 0.500. The van der Waals surface area contributed by atoms with Crippen molar-refractivity contribution in [3.63, 3.8) is 0 Å². The van der Waals surface area contributed by atoms with Crippen molar-refractivity contribution in [2.45, 2.75) is 26.2 Å². The lowest BCUT2D eigenvalue weighted by Gasteiger charge is -2.30. The Bertz CT molecular complexity index is 432. The summed E-state index contributed by atoms with van der Waals surface area (Å²) in [5.74, 6) is 1.62. The third-order valence-corrected chi connectivity index (χ3v) is 3.54. The highest BCUT2D eigenvalue weighted by Crippen LogP contribution is 2.17. The van der Waals surface area contributed by atoms with Crippen molar-refractivity contribution < 1.29 is 0 Å². The lowest BCUT2D eigenvalue weighted by atomic mass is 9.99. The van der Waals surface area contributed by atoms with Gasteiger partial charge in [0.1, 0.15) is 17.6 Å². The fraction of sp³-hybridized carbons (Fsp3) is 0.600. The standard InChI is InChI=1S/C15H22N4/c1-2-9-19(12-13-5-4-8-17-11-13)15-7-3-6-14(10-16)18-15/h3,6-7,13,17H,2,4-5,8-9,11-12H2,1H3. The first-order valence-electron chi connectivity index (χ1n) is 7.16. The molecule has 0 amide bonds. The van der Waals surface area contributed by atoms with Gasteiger partial charge in [-0.1, -0.05) is 13.0 Å². The lowest BCUT2D eigenvalue weighted by Crippen LogP contribution is -2.39. The molecule has 1 unspecified atom stereocenters. The second kappa shape index (κ2) is 7.10. The molecule has 2 heterocycles. The van der Waals surface area contributed by atoms with Crippen molar-refractivity contribution in [2.24, 2.45) is 5.92 Å². The Hall–Kier alpha value is -1.60. The van der Waals surface area contributed by atoms with Gasteiger partial charge in [0.05, 0.1) is 0 Å². The highest BCUT2D eigenvalue weighted by Gasteiger charge is 2.17. The van der Waals surface area contributed by atoms with Gasteiger partial charge < -0.3 is 10.2 Å². The van der Waals surface area contributed by atoms with Gasteiger partial charge in [0.15, 0.2) is 0 Å². The van der Waals surface area contributed by atoms with E-state index in [2.05, 4.69) is 28.2 Å². The van der Waals surface area contributed by atoms with E-state index in [0.29, 0.717) is 11.6 Å². The monoisotopic (exact) mass is 258 g/mol. The topological polar surface area (TPSA) is 52.0 Å². The van der Waals surface area contributed by atoms with Crippen LogP contribution in [-0.4, -0.2) is 31.2 Å². The number of pyridine rings is 1. The number of aromatic nitrogens is 1. The summed E-state index contributed by atoms with van der Waals surface area (Å²) in [6.07, 6.45) is 3.64. The SMILES string of the molecule is CCCN(CC1CCCNC1)c1cccc(C#N)n1. The molecule has 1 atom stereocenters. The molecule has 4 nitrogen and oxygen atoms in total. The maximum Gasteiger partial charge on any atom is 0.142 e. The van der Waals surface area contributed by atoms with E-state index in [0.717, 1.165) is 38.4 Å². The fourth-order valence-electron chi connectivity index (χ4n) is 2.62. The summed E-state index contributed by atoms with van der Waals surface area (Å²) in [5, 5.41) is 12.4. The maximum atomic E-state index is 8.95. The Morgan fingerprint density at radius 2 is 2.42 bits per heavy atom. The molecule has 0 aromatic carbocycles. The van der Waals surface area contributed by atoms with Crippen LogP contribution in [0.5, 0.6) is 0 Å². The van der Waals surface area contributed by atoms with Gasteiger partial charge in [-0.05, 0) is 50.4 Å². The molecular weight excluding hydrogens is 236 g/mol. The summed E-state index contributed by atoms with van der Waals surface area (Å²) in [7, 11) is 0. The van der Waals surface area contributed by atoms with Crippen LogP contribution in [0.3, 0.4) is 0 Å². The molecule has 102 valence electrons. The molecule has 1 aliphatic rings. The van der Waals surface area contributed by atoms with Crippen molar-refractivity contribution in [3.8, 4) is 6.07 Å². The van der Waals surface area contributed by atoms with Crippen LogP contribution in [0.4, 0.5) is 5.82 Å². The summed E-state index contributed by atoms with van der Waals surface area (Å²) < 4.78 is 0. The van der Waals surface area contributed by atoms with Crippen molar-refractivity contribution in [3.05, 3.63) is 23.9 Å². The summed E-state index contributed by atoms with van der Waals surface area (Å²) >= 11 is 0. The predicted molar refractivity (Wildman–Crippen MR) is 77.0 cm³/mol. The maximum absolute atomic E-state index is 8.95. The third kappa shape index (κ3) is 3.93. The van der Waals surface area contributed by atoms with E-state index in [-0.39, 0.29) is 0 Å². The smallest absolute Gasteiger partial charge is 0.142 e. The Kier molecular flexibility index (Phi) is 5.17. The minimum atomic E-state index is 0.500. The van der Waals surface area contributed by atoms with Crippen molar-refractivity contribution in [2.75, 3.05) is 31.1 Å². The van der Waals surface area contributed by atoms with Gasteiger partial charge in [0.2, 0.25) is 0 Å². The zero-order valence-electron chi connectivity index (χ0n) is 11.6. The molecule has 1 N–H and O–H groups in total. The van der Waals surface area contributed by atoms with Gasteiger partial charge in [0.25, 0.3) is 0 Å². The predicted octanol–water partition coefficient (Wildman–Crippen LogP) is 2.17. The highest BCUT2D eigenvalue weighted by molar-refractivity contribution is 5.41. The average Bonchev–Trinajstić information content (AvgIpc) is 2.48. The van der Waals surface area contributed by atoms with E-state index in [9.17, 15) is 0 Å². The number of nitrogens with one attached hydrogen (secondary N) is 1. The molecule has 1 aromatic rings. The minimum absolute atomic E-state index is 0.500. The largest absolute Gasteiger partial charge is 0.356 e. The second-order valence-electron chi connectivity index (χ2n) is 5.15. The minimum Gasteiger partial charge on any atom is -0.356 e. The lowest BCUT2D eigenvalue weighted by molar-refractivity contribution is 0.376. The van der Waals surface area contributed by atoms with Gasteiger partial charge in [-0.15, -0.1) is 0 Å². The molecule has 4 heteroatoms. The van der Waals surface area contributed by atoms with Crippen LogP contribution in [0.2, 0.25) is 0 Å². The van der Waals surface area contributed by atoms with Gasteiger partial charge in [-0.2, -0.15) is 5.26 Å². The van der Waals surface area contributed by atoms with Crippen LogP contribution in [0.25, 0.3) is 0 Å². The Morgan fingerprint density at radius 1 is 1.53 bits per heavy atom. The molecular formula is C15H22N4. The van der Waals surface area contributed by atoms with Gasteiger partial charge in [0, 0.05) is 13.1 Å². The Morgan fingerprint density at radius 3 is 3.11 bits per heavy atom. The van der Waals surface area contributed by atoms with Crippen molar-refractivity contribution in [1.29, 1.82) is 5.26 Å². The number of anilines is 1. The number of piperidine rings is 1. The number of hydrogen-bond acceptors (Lipinski definition) is 4. The van der Waals surface area contributed by atoms with Crippen molar-refractivity contribution >= 4 is 5.82 Å². The molecule has 1 fully saturated rings. The van der Waals surface area contributed by atoms with Gasteiger partial charge in [-0.3, -0.25) is 0 Å². The van der Waals surface area contributed by atoms with Crippen LogP contribution < -0.4 is 10.2 Å². The summed E-state index contributed by atoms with van der Waals surface area (Å²) in [6.45, 7) is 6.45. The van der Waals surface area contributed by atoms with E-state index in [1.165, 1.54) is 12.8 Å². The molecule has 0 saturated carbocycles. The zero-order valence-corrected chi connectivity index (χ0v) is 11.6. The number of hydrogen-bond donors (Lipinski definition) is 1. The summed E-state index contributed by atoms with van der Waals surface area (Å²) in [4.78, 5) is 6.74. The molecule has 0 aliphatic carbocycles. The number of nitriles is 1. The van der Waals surface area contributed by atoms with Crippen LogP contribution in [0.15, 0.2) is 18.2 Å². The summed E-state index contributed by atoms with van der Waals surface area (Å²) in [6, 6.07) is 7.80. The normalized spacial score (nSPS) is 18.8. The quantitative estimate of drug-likeness (QED) is 0.879. The fourth-order valence-corrected chi connectivity index (χ4v) is 2.62. The number of rotatable bonds is 5. The molecule has 1 saturated heterocycles. The zero-order chi connectivity index (χ0) is 13.5. The second-order valence-corrected chi connectivity index (χ2v) is 5.15. The van der Waals surface area contributed by atoms with Crippen LogP contribution in [0, 0.1) is 17.2 Å². The van der Waals surface area contributed by atoms with E-state index >= 15 is 0 Å².